The molecule has 152 valence electrons. The Hall–Kier alpha value is -1.79. The first-order chi connectivity index (χ1) is 13.3. The van der Waals surface area contributed by atoms with Gasteiger partial charge in [0.25, 0.3) is 0 Å². The van der Waals surface area contributed by atoms with E-state index in [0.717, 1.165) is 18.4 Å². The van der Waals surface area contributed by atoms with Crippen molar-refractivity contribution in [2.75, 3.05) is 11.5 Å². The molecule has 0 radical (unpaired) electrons. The van der Waals surface area contributed by atoms with E-state index >= 15 is 0 Å². The summed E-state index contributed by atoms with van der Waals surface area (Å²) in [5, 5.41) is 0.653. The number of amides is 1. The van der Waals surface area contributed by atoms with E-state index in [-0.39, 0.29) is 35.9 Å². The van der Waals surface area contributed by atoms with Crippen molar-refractivity contribution in [3.8, 4) is 11.3 Å². The Balaban J connectivity index is 1.83. The van der Waals surface area contributed by atoms with Crippen molar-refractivity contribution in [2.24, 2.45) is 5.92 Å². The molecule has 0 N–H and O–H groups in total. The zero-order valence-corrected chi connectivity index (χ0v) is 17.8. The molecule has 1 aliphatic heterocycles. The summed E-state index contributed by atoms with van der Waals surface area (Å²) in [5.41, 5.74) is 0.900. The van der Waals surface area contributed by atoms with Gasteiger partial charge in [-0.25, -0.2) is 8.42 Å². The first-order valence-electron chi connectivity index (χ1n) is 9.68. The quantitative estimate of drug-likeness (QED) is 0.655. The van der Waals surface area contributed by atoms with Crippen LogP contribution in [0.5, 0.6) is 0 Å². The Morgan fingerprint density at radius 3 is 2.43 bits per heavy atom. The maximum Gasteiger partial charge on any atom is 0.226 e. The average Bonchev–Trinajstić information content (AvgIpc) is 3.27. The van der Waals surface area contributed by atoms with Gasteiger partial charge in [-0.2, -0.15) is 0 Å². The highest BCUT2D eigenvalue weighted by Crippen LogP contribution is 2.28. The fraction of sp³-hybridized carbons (Fsp3) is 0.476. The Morgan fingerprint density at radius 1 is 1.18 bits per heavy atom. The number of carbonyl (C=O) groups excluding carboxylic acids is 1. The van der Waals surface area contributed by atoms with Crippen LogP contribution in [0.15, 0.2) is 40.8 Å². The van der Waals surface area contributed by atoms with Gasteiger partial charge in [0.05, 0.1) is 18.1 Å². The lowest BCUT2D eigenvalue weighted by molar-refractivity contribution is -0.138. The normalized spacial score (nSPS) is 18.5. The number of nitrogens with zero attached hydrogens (tertiary/aromatic N) is 1. The Labute approximate surface area is 171 Å². The summed E-state index contributed by atoms with van der Waals surface area (Å²) >= 11 is 5.94. The highest BCUT2D eigenvalue weighted by molar-refractivity contribution is 7.91. The van der Waals surface area contributed by atoms with E-state index in [4.69, 9.17) is 16.0 Å². The van der Waals surface area contributed by atoms with Gasteiger partial charge in [-0.3, -0.25) is 4.79 Å². The summed E-state index contributed by atoms with van der Waals surface area (Å²) in [7, 11) is -3.08. The second-order valence-corrected chi connectivity index (χ2v) is 9.97. The van der Waals surface area contributed by atoms with Crippen LogP contribution in [-0.2, 0) is 21.2 Å². The third-order valence-electron chi connectivity index (χ3n) is 5.38. The van der Waals surface area contributed by atoms with Gasteiger partial charge in [-0.15, -0.1) is 0 Å². The first kappa shape index (κ1) is 20.9. The van der Waals surface area contributed by atoms with Crippen LogP contribution < -0.4 is 0 Å². The van der Waals surface area contributed by atoms with Crippen LogP contribution in [0, 0.1) is 5.92 Å². The number of sulfone groups is 1. The van der Waals surface area contributed by atoms with Crippen molar-refractivity contribution in [3.63, 3.8) is 0 Å². The molecule has 1 aromatic heterocycles. The van der Waals surface area contributed by atoms with Gasteiger partial charge >= 0.3 is 0 Å². The Kier molecular flexibility index (Phi) is 6.50. The minimum absolute atomic E-state index is 0.0107. The van der Waals surface area contributed by atoms with Crippen LogP contribution in [0.25, 0.3) is 11.3 Å². The van der Waals surface area contributed by atoms with Crippen molar-refractivity contribution >= 4 is 27.3 Å². The molecule has 2 aromatic rings. The minimum Gasteiger partial charge on any atom is -0.459 e. The molecule has 0 bridgehead atoms. The van der Waals surface area contributed by atoms with Crippen LogP contribution in [0.4, 0.5) is 0 Å². The molecule has 3 rings (SSSR count). The zero-order valence-electron chi connectivity index (χ0n) is 16.2. The SMILES string of the molecule is CCC(CC)C(=O)N(Cc1ccc(-c2ccc(Cl)cc2)o1)[C@@H]1CCS(=O)(=O)C1. The molecule has 2 heterocycles. The maximum atomic E-state index is 13.1. The van der Waals surface area contributed by atoms with Crippen LogP contribution in [-0.4, -0.2) is 36.8 Å². The average molecular weight is 424 g/mol. The molecule has 1 fully saturated rings. The van der Waals surface area contributed by atoms with E-state index in [2.05, 4.69) is 0 Å². The number of hydrogen-bond donors (Lipinski definition) is 0. The van der Waals surface area contributed by atoms with Crippen molar-refractivity contribution in [3.05, 3.63) is 47.2 Å². The van der Waals surface area contributed by atoms with Crippen molar-refractivity contribution in [2.45, 2.75) is 45.7 Å². The molecule has 0 saturated carbocycles. The molecule has 1 amide bonds. The summed E-state index contributed by atoms with van der Waals surface area (Å²) in [4.78, 5) is 14.8. The molecule has 0 spiro atoms. The summed E-state index contributed by atoms with van der Waals surface area (Å²) in [5.74, 6) is 1.42. The molecular weight excluding hydrogens is 398 g/mol. The van der Waals surface area contributed by atoms with Gasteiger partial charge in [0, 0.05) is 22.5 Å². The third-order valence-corrected chi connectivity index (χ3v) is 7.39. The summed E-state index contributed by atoms with van der Waals surface area (Å²) < 4.78 is 29.9. The molecule has 7 heteroatoms. The van der Waals surface area contributed by atoms with Crippen molar-refractivity contribution in [1.29, 1.82) is 0 Å². The lowest BCUT2D eigenvalue weighted by Crippen LogP contribution is -2.43. The predicted molar refractivity (Wildman–Crippen MR) is 111 cm³/mol. The first-order valence-corrected chi connectivity index (χ1v) is 11.9. The summed E-state index contributed by atoms with van der Waals surface area (Å²) in [6.45, 7) is 4.26. The van der Waals surface area contributed by atoms with Gasteiger partial charge < -0.3 is 9.32 Å². The molecule has 0 aliphatic carbocycles. The highest BCUT2D eigenvalue weighted by atomic mass is 35.5. The molecule has 1 saturated heterocycles. The van der Waals surface area contributed by atoms with Gasteiger partial charge in [-0.1, -0.05) is 25.4 Å². The van der Waals surface area contributed by atoms with Crippen LogP contribution >= 0.6 is 11.6 Å². The van der Waals surface area contributed by atoms with E-state index in [9.17, 15) is 13.2 Å². The van der Waals surface area contributed by atoms with E-state index in [1.807, 2.05) is 38.1 Å². The van der Waals surface area contributed by atoms with Gasteiger partial charge in [0.2, 0.25) is 5.91 Å². The molecule has 28 heavy (non-hydrogen) atoms. The molecule has 1 aromatic carbocycles. The Bertz CT molecular complexity index is 916. The molecule has 1 atom stereocenters. The standard InChI is InChI=1S/C21H26ClNO4S/c1-3-15(4-2)21(24)23(18-11-12-28(25,26)14-18)13-19-9-10-20(27-19)16-5-7-17(22)8-6-16/h5-10,15,18H,3-4,11-14H2,1-2H3/t18-/m1/s1. The predicted octanol–water partition coefficient (Wildman–Crippen LogP) is 4.55. The highest BCUT2D eigenvalue weighted by Gasteiger charge is 2.36. The van der Waals surface area contributed by atoms with E-state index in [1.54, 1.807) is 17.0 Å². The van der Waals surface area contributed by atoms with Crippen molar-refractivity contribution < 1.29 is 17.6 Å². The van der Waals surface area contributed by atoms with Crippen LogP contribution in [0.1, 0.15) is 38.9 Å². The van der Waals surface area contributed by atoms with E-state index in [0.29, 0.717) is 23.0 Å². The van der Waals surface area contributed by atoms with Crippen LogP contribution in [0.3, 0.4) is 0 Å². The monoisotopic (exact) mass is 423 g/mol. The molecular formula is C21H26ClNO4S. The number of halogens is 1. The number of hydrogen-bond acceptors (Lipinski definition) is 4. The minimum atomic E-state index is -3.08. The lowest BCUT2D eigenvalue weighted by atomic mass is 10.0. The van der Waals surface area contributed by atoms with Crippen molar-refractivity contribution in [1.82, 2.24) is 4.90 Å². The number of benzene rings is 1. The fourth-order valence-electron chi connectivity index (χ4n) is 3.68. The lowest BCUT2D eigenvalue weighted by Gasteiger charge is -2.30. The Morgan fingerprint density at radius 2 is 1.86 bits per heavy atom. The largest absolute Gasteiger partial charge is 0.459 e. The summed E-state index contributed by atoms with van der Waals surface area (Å²) in [6.07, 6.45) is 1.96. The van der Waals surface area contributed by atoms with Gasteiger partial charge in [-0.05, 0) is 55.7 Å². The number of furan rings is 1. The number of carbonyl (C=O) groups is 1. The molecule has 1 aliphatic rings. The smallest absolute Gasteiger partial charge is 0.226 e. The zero-order chi connectivity index (χ0) is 20.3. The second kappa shape index (κ2) is 8.70. The van der Waals surface area contributed by atoms with Crippen LogP contribution in [0.2, 0.25) is 5.02 Å². The fourth-order valence-corrected chi connectivity index (χ4v) is 5.54. The van der Waals surface area contributed by atoms with Gasteiger partial charge in [0.1, 0.15) is 11.5 Å². The topological polar surface area (TPSA) is 67.6 Å². The second-order valence-electron chi connectivity index (χ2n) is 7.31. The maximum absolute atomic E-state index is 13.1. The van der Waals surface area contributed by atoms with E-state index < -0.39 is 9.84 Å². The molecule has 5 nitrogen and oxygen atoms in total. The summed E-state index contributed by atoms with van der Waals surface area (Å²) in [6, 6.07) is 10.8. The molecule has 0 unspecified atom stereocenters. The van der Waals surface area contributed by atoms with Gasteiger partial charge in [0.15, 0.2) is 9.84 Å². The van der Waals surface area contributed by atoms with E-state index in [1.165, 1.54) is 0 Å². The third kappa shape index (κ3) is 4.78. The number of rotatable bonds is 7.